The summed E-state index contributed by atoms with van der Waals surface area (Å²) in [5.74, 6) is 3.76. The Balaban J connectivity index is 1.80. The van der Waals surface area contributed by atoms with Gasteiger partial charge < -0.3 is 5.11 Å². The Morgan fingerprint density at radius 2 is 2.18 bits per heavy atom. The summed E-state index contributed by atoms with van der Waals surface area (Å²) < 4.78 is 0. The van der Waals surface area contributed by atoms with Gasteiger partial charge in [-0.3, -0.25) is 4.79 Å². The molecule has 1 N–H and O–H groups in total. The van der Waals surface area contributed by atoms with Gasteiger partial charge >= 0.3 is 5.97 Å². The van der Waals surface area contributed by atoms with Gasteiger partial charge in [-0.05, 0) is 60.2 Å². The summed E-state index contributed by atoms with van der Waals surface area (Å²) in [6, 6.07) is 0. The third kappa shape index (κ3) is 1.01. The minimum atomic E-state index is -0.573. The topological polar surface area (TPSA) is 37.3 Å². The zero-order valence-corrected chi connectivity index (χ0v) is 10.3. The Bertz CT molecular complexity index is 413. The average Bonchev–Trinajstić information content (AvgIpc) is 2.92. The van der Waals surface area contributed by atoms with Crippen molar-refractivity contribution in [2.24, 2.45) is 40.9 Å². The molecule has 0 aromatic carbocycles. The summed E-state index contributed by atoms with van der Waals surface area (Å²) in [5.41, 5.74) is 0.155. The first-order chi connectivity index (χ1) is 8.13. The van der Waals surface area contributed by atoms with Crippen LogP contribution >= 0.6 is 0 Å². The molecular formula is C15H20O2. The van der Waals surface area contributed by atoms with Crippen molar-refractivity contribution >= 4 is 5.97 Å². The summed E-state index contributed by atoms with van der Waals surface area (Å²) in [6.45, 7) is 2.38. The van der Waals surface area contributed by atoms with Gasteiger partial charge in [0.05, 0.1) is 6.42 Å². The van der Waals surface area contributed by atoms with E-state index in [2.05, 4.69) is 19.1 Å². The van der Waals surface area contributed by atoms with Gasteiger partial charge in [-0.25, -0.2) is 0 Å². The van der Waals surface area contributed by atoms with E-state index in [9.17, 15) is 9.90 Å². The lowest BCUT2D eigenvalue weighted by molar-refractivity contribution is -0.143. The molecule has 2 heteroatoms. The normalized spacial score (nSPS) is 57.7. The molecule has 3 fully saturated rings. The van der Waals surface area contributed by atoms with Crippen molar-refractivity contribution in [2.45, 2.75) is 32.6 Å². The van der Waals surface area contributed by atoms with Gasteiger partial charge in [-0.1, -0.05) is 19.1 Å². The first kappa shape index (κ1) is 10.2. The molecule has 92 valence electrons. The van der Waals surface area contributed by atoms with Crippen LogP contribution in [0.4, 0.5) is 0 Å². The number of carbonyl (C=O) groups is 1. The predicted octanol–water partition coefficient (Wildman–Crippen LogP) is 2.95. The Hall–Kier alpha value is -0.790. The maximum atomic E-state index is 11.3. The van der Waals surface area contributed by atoms with Crippen LogP contribution in [0.2, 0.25) is 0 Å². The first-order valence-corrected chi connectivity index (χ1v) is 7.03. The molecule has 0 spiro atoms. The van der Waals surface area contributed by atoms with Gasteiger partial charge in [0.25, 0.3) is 0 Å². The lowest BCUT2D eigenvalue weighted by Crippen LogP contribution is -2.43. The van der Waals surface area contributed by atoms with Crippen LogP contribution in [0.15, 0.2) is 12.2 Å². The van der Waals surface area contributed by atoms with Gasteiger partial charge in [0.15, 0.2) is 0 Å². The molecule has 7 atom stereocenters. The minimum absolute atomic E-state index is 0.155. The van der Waals surface area contributed by atoms with Crippen LogP contribution in [0.3, 0.4) is 0 Å². The molecule has 0 radical (unpaired) electrons. The molecule has 0 heterocycles. The van der Waals surface area contributed by atoms with Crippen LogP contribution in [0.5, 0.6) is 0 Å². The summed E-state index contributed by atoms with van der Waals surface area (Å²) in [7, 11) is 0. The Labute approximate surface area is 102 Å². The lowest BCUT2D eigenvalue weighted by atomic mass is 9.57. The second-order valence-corrected chi connectivity index (χ2v) is 6.91. The van der Waals surface area contributed by atoms with Crippen LogP contribution in [0.25, 0.3) is 0 Å². The van der Waals surface area contributed by atoms with Gasteiger partial charge in [0.2, 0.25) is 0 Å². The van der Waals surface area contributed by atoms with Crippen LogP contribution in [0, 0.1) is 40.9 Å². The molecule has 2 nitrogen and oxygen atoms in total. The third-order valence-corrected chi connectivity index (χ3v) is 6.51. The molecule has 0 aliphatic heterocycles. The SMILES string of the molecule is CC1CC2CC1C1C3C=CC(C3)C21CC(=O)O. The molecule has 17 heavy (non-hydrogen) atoms. The van der Waals surface area contributed by atoms with Crippen LogP contribution in [-0.2, 0) is 4.79 Å². The fraction of sp³-hybridized carbons (Fsp3) is 0.800. The molecule has 7 unspecified atom stereocenters. The van der Waals surface area contributed by atoms with Crippen molar-refractivity contribution < 1.29 is 9.90 Å². The summed E-state index contributed by atoms with van der Waals surface area (Å²) in [6.07, 6.45) is 9.01. The number of rotatable bonds is 2. The minimum Gasteiger partial charge on any atom is -0.481 e. The average molecular weight is 232 g/mol. The van der Waals surface area contributed by atoms with Crippen molar-refractivity contribution in [1.82, 2.24) is 0 Å². The van der Waals surface area contributed by atoms with E-state index in [1.807, 2.05) is 0 Å². The summed E-state index contributed by atoms with van der Waals surface area (Å²) in [4.78, 5) is 11.3. The second-order valence-electron chi connectivity index (χ2n) is 6.91. The van der Waals surface area contributed by atoms with Gasteiger partial charge in [0, 0.05) is 0 Å². The summed E-state index contributed by atoms with van der Waals surface area (Å²) >= 11 is 0. The molecule has 0 saturated heterocycles. The highest BCUT2D eigenvalue weighted by molar-refractivity contribution is 5.68. The van der Waals surface area contributed by atoms with Gasteiger partial charge in [-0.2, -0.15) is 0 Å². The fourth-order valence-electron chi connectivity index (χ4n) is 6.20. The Morgan fingerprint density at radius 3 is 2.94 bits per heavy atom. The number of fused-ring (bicyclic) bond motifs is 9. The van der Waals surface area contributed by atoms with E-state index in [1.165, 1.54) is 19.3 Å². The van der Waals surface area contributed by atoms with Crippen molar-refractivity contribution in [2.75, 3.05) is 0 Å². The smallest absolute Gasteiger partial charge is 0.303 e. The monoisotopic (exact) mass is 232 g/mol. The molecule has 3 saturated carbocycles. The molecular weight excluding hydrogens is 212 g/mol. The lowest BCUT2D eigenvalue weighted by Gasteiger charge is -2.46. The van der Waals surface area contributed by atoms with E-state index in [0.717, 1.165) is 11.8 Å². The fourth-order valence-corrected chi connectivity index (χ4v) is 6.20. The van der Waals surface area contributed by atoms with Crippen LogP contribution in [-0.4, -0.2) is 11.1 Å². The number of carboxylic acids is 1. The Morgan fingerprint density at radius 1 is 1.35 bits per heavy atom. The molecule has 4 aliphatic carbocycles. The van der Waals surface area contributed by atoms with Crippen LogP contribution in [0.1, 0.15) is 32.6 Å². The number of hydrogen-bond acceptors (Lipinski definition) is 1. The summed E-state index contributed by atoms with van der Waals surface area (Å²) in [5, 5.41) is 9.31. The van der Waals surface area contributed by atoms with Gasteiger partial charge in [0.1, 0.15) is 0 Å². The number of aliphatic carboxylic acids is 1. The van der Waals surface area contributed by atoms with Crippen molar-refractivity contribution in [3.05, 3.63) is 12.2 Å². The highest BCUT2D eigenvalue weighted by Gasteiger charge is 2.69. The molecule has 4 rings (SSSR count). The first-order valence-electron chi connectivity index (χ1n) is 7.03. The maximum absolute atomic E-state index is 11.3. The predicted molar refractivity (Wildman–Crippen MR) is 64.3 cm³/mol. The van der Waals surface area contributed by atoms with Crippen molar-refractivity contribution in [3.63, 3.8) is 0 Å². The molecule has 0 aromatic heterocycles. The third-order valence-electron chi connectivity index (χ3n) is 6.51. The van der Waals surface area contributed by atoms with E-state index in [-0.39, 0.29) is 5.41 Å². The van der Waals surface area contributed by atoms with Crippen molar-refractivity contribution in [1.29, 1.82) is 0 Å². The second kappa shape index (κ2) is 2.96. The number of allylic oxidation sites excluding steroid dienone is 2. The number of carboxylic acid groups (broad SMARTS) is 1. The van der Waals surface area contributed by atoms with Crippen molar-refractivity contribution in [3.8, 4) is 0 Å². The zero-order chi connectivity index (χ0) is 11.8. The molecule has 0 amide bonds. The van der Waals surface area contributed by atoms with E-state index in [4.69, 9.17) is 0 Å². The quantitative estimate of drug-likeness (QED) is 0.587. The standard InChI is InChI=1S/C15H20O2/c1-8-4-11-6-12(8)14-9-2-3-10(5-9)15(11,14)7-13(16)17/h2-3,8-12,14H,4-7H2,1H3,(H,16,17). The van der Waals surface area contributed by atoms with E-state index in [0.29, 0.717) is 30.1 Å². The zero-order valence-electron chi connectivity index (χ0n) is 10.3. The highest BCUT2D eigenvalue weighted by Crippen LogP contribution is 2.74. The molecule has 4 aliphatic rings. The highest BCUT2D eigenvalue weighted by atomic mass is 16.4. The van der Waals surface area contributed by atoms with E-state index < -0.39 is 5.97 Å². The number of hydrogen-bond donors (Lipinski definition) is 1. The van der Waals surface area contributed by atoms with E-state index in [1.54, 1.807) is 0 Å². The van der Waals surface area contributed by atoms with Gasteiger partial charge in [-0.15, -0.1) is 0 Å². The maximum Gasteiger partial charge on any atom is 0.303 e. The Kier molecular flexibility index (Phi) is 1.77. The molecule has 4 bridgehead atoms. The molecule has 0 aromatic rings. The largest absolute Gasteiger partial charge is 0.481 e. The van der Waals surface area contributed by atoms with Crippen LogP contribution < -0.4 is 0 Å². The van der Waals surface area contributed by atoms with E-state index >= 15 is 0 Å².